The van der Waals surface area contributed by atoms with Crippen LogP contribution < -0.4 is 4.74 Å². The van der Waals surface area contributed by atoms with Gasteiger partial charge < -0.3 is 9.64 Å². The highest BCUT2D eigenvalue weighted by Gasteiger charge is 2.51. The molecule has 2 aromatic rings. The van der Waals surface area contributed by atoms with Crippen LogP contribution in [-0.2, 0) is 6.61 Å². The predicted molar refractivity (Wildman–Crippen MR) is 113 cm³/mol. The van der Waals surface area contributed by atoms with Gasteiger partial charge in [0.2, 0.25) is 0 Å². The summed E-state index contributed by atoms with van der Waals surface area (Å²) in [5.74, 6) is 0.984. The number of amides is 1. The number of nitrogens with zero attached hydrogens (tertiary/aromatic N) is 2. The molecule has 0 N–H and O–H groups in total. The van der Waals surface area contributed by atoms with Crippen molar-refractivity contribution in [3.05, 3.63) is 45.4 Å². The van der Waals surface area contributed by atoms with Crippen LogP contribution in [0.4, 0.5) is 0 Å². The van der Waals surface area contributed by atoms with Gasteiger partial charge in [-0.15, -0.1) is 11.3 Å². The minimum atomic E-state index is 0.156. The molecular weight excluding hydrogens is 368 g/mol. The maximum absolute atomic E-state index is 13.3. The molecule has 2 fully saturated rings. The van der Waals surface area contributed by atoms with Gasteiger partial charge >= 0.3 is 0 Å². The fraction of sp³-hybridized carbons (Fsp3) is 0.565. The summed E-state index contributed by atoms with van der Waals surface area (Å²) in [6.45, 7) is 12.3. The Balaban J connectivity index is 1.47. The van der Waals surface area contributed by atoms with Crippen LogP contribution in [0.15, 0.2) is 24.3 Å². The third-order valence-electron chi connectivity index (χ3n) is 6.09. The Bertz CT molecular complexity index is 887. The second-order valence-electron chi connectivity index (χ2n) is 9.77. The molecule has 4 nitrogen and oxygen atoms in total. The number of carbonyl (C=O) groups excluding carboxylic acids is 1. The van der Waals surface area contributed by atoms with E-state index >= 15 is 0 Å². The van der Waals surface area contributed by atoms with Crippen LogP contribution in [-0.4, -0.2) is 28.4 Å². The number of aromatic nitrogens is 1. The summed E-state index contributed by atoms with van der Waals surface area (Å²) in [7, 11) is 0. The molecule has 2 atom stereocenters. The summed E-state index contributed by atoms with van der Waals surface area (Å²) in [6.07, 6.45) is 3.41. The van der Waals surface area contributed by atoms with Gasteiger partial charge in [0.1, 0.15) is 22.2 Å². The zero-order valence-corrected chi connectivity index (χ0v) is 18.4. The van der Waals surface area contributed by atoms with Crippen LogP contribution in [0.3, 0.4) is 0 Å². The van der Waals surface area contributed by atoms with E-state index in [1.807, 2.05) is 31.2 Å². The maximum atomic E-state index is 13.3. The highest BCUT2D eigenvalue weighted by Crippen LogP contribution is 2.52. The fourth-order valence-electron chi connectivity index (χ4n) is 5.32. The van der Waals surface area contributed by atoms with E-state index in [-0.39, 0.29) is 11.3 Å². The number of hydrogen-bond donors (Lipinski definition) is 0. The largest absolute Gasteiger partial charge is 0.486 e. The third-order valence-corrected chi connectivity index (χ3v) is 7.21. The van der Waals surface area contributed by atoms with Crippen molar-refractivity contribution in [2.45, 2.75) is 66.5 Å². The Hall–Kier alpha value is -1.88. The first-order chi connectivity index (χ1) is 13.1. The van der Waals surface area contributed by atoms with Crippen molar-refractivity contribution in [1.82, 2.24) is 9.88 Å². The minimum absolute atomic E-state index is 0.156. The minimum Gasteiger partial charge on any atom is -0.486 e. The number of carbonyl (C=O) groups is 1. The van der Waals surface area contributed by atoms with E-state index in [9.17, 15) is 4.79 Å². The summed E-state index contributed by atoms with van der Waals surface area (Å²) in [5.41, 5.74) is 2.59. The van der Waals surface area contributed by atoms with Crippen molar-refractivity contribution >= 4 is 17.2 Å². The fourth-order valence-corrected chi connectivity index (χ4v) is 6.25. The lowest BCUT2D eigenvalue weighted by atomic mass is 9.65. The van der Waals surface area contributed by atoms with Crippen LogP contribution >= 0.6 is 11.3 Å². The zero-order chi connectivity index (χ0) is 20.1. The number of hydrogen-bond acceptors (Lipinski definition) is 4. The van der Waals surface area contributed by atoms with Gasteiger partial charge in [-0.25, -0.2) is 4.98 Å². The van der Waals surface area contributed by atoms with Crippen LogP contribution in [0.2, 0.25) is 0 Å². The van der Waals surface area contributed by atoms with Crippen molar-refractivity contribution < 1.29 is 9.53 Å². The van der Waals surface area contributed by atoms with E-state index in [1.165, 1.54) is 23.3 Å². The molecule has 2 bridgehead atoms. The van der Waals surface area contributed by atoms with Gasteiger partial charge in [0.15, 0.2) is 0 Å². The molecular formula is C23H30N2O2S. The van der Waals surface area contributed by atoms with Gasteiger partial charge in [-0.2, -0.15) is 0 Å². The Morgan fingerprint density at radius 3 is 2.64 bits per heavy atom. The molecule has 2 heterocycles. The monoisotopic (exact) mass is 398 g/mol. The quantitative estimate of drug-likeness (QED) is 0.694. The molecule has 2 aliphatic rings. The molecule has 28 heavy (non-hydrogen) atoms. The Morgan fingerprint density at radius 2 is 1.93 bits per heavy atom. The van der Waals surface area contributed by atoms with Crippen molar-refractivity contribution in [1.29, 1.82) is 0 Å². The second-order valence-corrected chi connectivity index (χ2v) is 10.9. The lowest BCUT2D eigenvalue weighted by Gasteiger charge is -2.39. The summed E-state index contributed by atoms with van der Waals surface area (Å²) in [4.78, 5) is 20.9. The first-order valence-corrected chi connectivity index (χ1v) is 10.9. The Labute approximate surface area is 171 Å². The number of ether oxygens (including phenoxy) is 1. The molecule has 1 amide bonds. The number of likely N-dealkylation sites (tertiary alicyclic amines) is 1. The summed E-state index contributed by atoms with van der Waals surface area (Å²) < 4.78 is 5.86. The number of aryl methyl sites for hydroxylation is 2. The SMILES string of the molecule is Cc1ccc(OCc2nc(C)c(C(=O)N3CC4(C)CC3CC(C)(C)C4)s2)cc1. The van der Waals surface area contributed by atoms with Crippen molar-refractivity contribution in [2.75, 3.05) is 6.54 Å². The number of thiazole rings is 1. The van der Waals surface area contributed by atoms with Crippen molar-refractivity contribution in [3.8, 4) is 5.75 Å². The van der Waals surface area contributed by atoms with Crippen LogP contribution in [0.25, 0.3) is 0 Å². The lowest BCUT2D eigenvalue weighted by molar-refractivity contribution is 0.0712. The van der Waals surface area contributed by atoms with E-state index < -0.39 is 0 Å². The van der Waals surface area contributed by atoms with Crippen LogP contribution in [0.1, 0.15) is 66.0 Å². The van der Waals surface area contributed by atoms with E-state index in [0.717, 1.165) is 40.7 Å². The normalized spacial score (nSPS) is 25.8. The van der Waals surface area contributed by atoms with Crippen LogP contribution in [0.5, 0.6) is 5.75 Å². The van der Waals surface area contributed by atoms with E-state index in [1.54, 1.807) is 0 Å². The van der Waals surface area contributed by atoms with Crippen LogP contribution in [0, 0.1) is 24.7 Å². The van der Waals surface area contributed by atoms with Gasteiger partial charge in [-0.05, 0) is 56.1 Å². The van der Waals surface area contributed by atoms with Gasteiger partial charge in [0.25, 0.3) is 5.91 Å². The molecule has 4 rings (SSSR count). The first-order valence-electron chi connectivity index (χ1n) is 10.1. The molecule has 2 unspecified atom stereocenters. The third kappa shape index (κ3) is 3.82. The number of benzene rings is 1. The van der Waals surface area contributed by atoms with Gasteiger partial charge in [-0.1, -0.05) is 38.5 Å². The Kier molecular flexibility index (Phi) is 4.77. The highest BCUT2D eigenvalue weighted by molar-refractivity contribution is 7.13. The molecule has 1 saturated heterocycles. The average Bonchev–Trinajstić information content (AvgIpc) is 3.09. The van der Waals surface area contributed by atoms with Gasteiger partial charge in [0, 0.05) is 12.6 Å². The molecule has 150 valence electrons. The smallest absolute Gasteiger partial charge is 0.266 e. The standard InChI is InChI=1S/C23H30N2O2S/c1-15-6-8-18(9-7-15)27-12-19-24-16(2)20(28-19)21(26)25-14-23(5)11-17(25)10-22(3,4)13-23/h6-9,17H,10-14H2,1-5H3. The Morgan fingerprint density at radius 1 is 1.21 bits per heavy atom. The maximum Gasteiger partial charge on any atom is 0.266 e. The summed E-state index contributed by atoms with van der Waals surface area (Å²) >= 11 is 1.48. The number of fused-ring (bicyclic) bond motifs is 2. The topological polar surface area (TPSA) is 42.4 Å². The van der Waals surface area contributed by atoms with Gasteiger partial charge in [-0.3, -0.25) is 4.79 Å². The van der Waals surface area contributed by atoms with Crippen molar-refractivity contribution in [2.24, 2.45) is 10.8 Å². The molecule has 1 aliphatic carbocycles. The van der Waals surface area contributed by atoms with Crippen molar-refractivity contribution in [3.63, 3.8) is 0 Å². The molecule has 1 saturated carbocycles. The highest BCUT2D eigenvalue weighted by atomic mass is 32.1. The van der Waals surface area contributed by atoms with E-state index in [2.05, 4.69) is 37.6 Å². The predicted octanol–water partition coefficient (Wildman–Crippen LogP) is 5.38. The molecule has 0 spiro atoms. The molecule has 1 aromatic carbocycles. The average molecular weight is 399 g/mol. The molecule has 5 heteroatoms. The molecule has 1 aliphatic heterocycles. The van der Waals surface area contributed by atoms with Gasteiger partial charge in [0.05, 0.1) is 5.69 Å². The zero-order valence-electron chi connectivity index (χ0n) is 17.5. The number of rotatable bonds is 4. The molecule has 1 aromatic heterocycles. The summed E-state index contributed by atoms with van der Waals surface area (Å²) in [5, 5.41) is 0.857. The summed E-state index contributed by atoms with van der Waals surface area (Å²) in [6, 6.07) is 8.36. The lowest BCUT2D eigenvalue weighted by Crippen LogP contribution is -2.37. The van der Waals surface area contributed by atoms with E-state index in [0.29, 0.717) is 18.1 Å². The molecule has 0 radical (unpaired) electrons. The first kappa shape index (κ1) is 19.4. The van der Waals surface area contributed by atoms with E-state index in [4.69, 9.17) is 4.74 Å². The second kappa shape index (κ2) is 6.87.